The van der Waals surface area contributed by atoms with Crippen molar-refractivity contribution in [2.45, 2.75) is 6.42 Å². The molecule has 3 aliphatic rings. The number of thiophene rings is 1. The molecule has 6 heteroatoms. The van der Waals surface area contributed by atoms with Crippen LogP contribution in [0.5, 0.6) is 0 Å². The summed E-state index contributed by atoms with van der Waals surface area (Å²) < 4.78 is 0. The topological polar surface area (TPSA) is 66.5 Å². The van der Waals surface area contributed by atoms with Crippen molar-refractivity contribution < 1.29 is 14.4 Å². The highest BCUT2D eigenvalue weighted by Gasteiger charge is 2.59. The largest absolute Gasteiger partial charge is 0.321 e. The molecule has 26 heavy (non-hydrogen) atoms. The van der Waals surface area contributed by atoms with Gasteiger partial charge >= 0.3 is 0 Å². The predicted octanol–water partition coefficient (Wildman–Crippen LogP) is 3.31. The molecule has 0 radical (unpaired) electrons. The number of carbonyl (C=O) groups is 3. The first kappa shape index (κ1) is 15.5. The third kappa shape index (κ3) is 2.18. The van der Waals surface area contributed by atoms with Gasteiger partial charge in [-0.2, -0.15) is 0 Å². The van der Waals surface area contributed by atoms with Crippen molar-refractivity contribution >= 4 is 40.4 Å². The minimum Gasteiger partial charge on any atom is -0.321 e. The number of amides is 3. The van der Waals surface area contributed by atoms with Crippen LogP contribution in [0.2, 0.25) is 0 Å². The highest BCUT2D eigenvalue weighted by atomic mass is 32.1. The van der Waals surface area contributed by atoms with Crippen LogP contribution in [0.4, 0.5) is 11.4 Å². The summed E-state index contributed by atoms with van der Waals surface area (Å²) in [4.78, 5) is 39.9. The van der Waals surface area contributed by atoms with Crippen molar-refractivity contribution in [1.29, 1.82) is 0 Å². The molecule has 130 valence electrons. The molecule has 1 aromatic heterocycles. The second-order valence-electron chi connectivity index (χ2n) is 6.99. The van der Waals surface area contributed by atoms with E-state index in [4.69, 9.17) is 0 Å². The number of carbonyl (C=O) groups excluding carboxylic acids is 3. The van der Waals surface area contributed by atoms with Crippen LogP contribution in [0, 0.1) is 23.7 Å². The maximum atomic E-state index is 12.9. The standard InChI is InChI=1S/C20H16N2O3S/c23-18(15-5-2-8-26-15)21-13-3-1-4-14(10-13)22-19(24)16-11-6-7-12(9-11)17(16)20(22)25/h1-8,10-12,16-17H,9H2,(H,21,23)/t11-,12-,16-,17+/m0/s1. The van der Waals surface area contributed by atoms with E-state index in [0.29, 0.717) is 16.3 Å². The van der Waals surface area contributed by atoms with E-state index in [1.54, 1.807) is 30.3 Å². The average Bonchev–Trinajstić information content (AvgIpc) is 3.39. The summed E-state index contributed by atoms with van der Waals surface area (Å²) in [5.41, 5.74) is 1.09. The molecule has 2 aromatic rings. The number of hydrogen-bond acceptors (Lipinski definition) is 4. The Kier molecular flexibility index (Phi) is 3.37. The van der Waals surface area contributed by atoms with Crippen LogP contribution in [-0.2, 0) is 9.59 Å². The lowest BCUT2D eigenvalue weighted by Gasteiger charge is -2.18. The lowest BCUT2D eigenvalue weighted by molar-refractivity contribution is -0.123. The number of fused-ring (bicyclic) bond motifs is 5. The van der Waals surface area contributed by atoms with E-state index in [0.717, 1.165) is 6.42 Å². The lowest BCUT2D eigenvalue weighted by Crippen LogP contribution is -2.32. The fraction of sp³-hybridized carbons (Fsp3) is 0.250. The van der Waals surface area contributed by atoms with E-state index in [1.807, 2.05) is 11.4 Å². The van der Waals surface area contributed by atoms with Crippen LogP contribution in [0.1, 0.15) is 16.1 Å². The van der Waals surface area contributed by atoms with Crippen molar-refractivity contribution in [3.8, 4) is 0 Å². The molecule has 1 N–H and O–H groups in total. The summed E-state index contributed by atoms with van der Waals surface area (Å²) in [7, 11) is 0. The summed E-state index contributed by atoms with van der Waals surface area (Å²) in [5.74, 6) is -0.488. The van der Waals surface area contributed by atoms with Gasteiger partial charge in [-0.05, 0) is 47.9 Å². The van der Waals surface area contributed by atoms with E-state index < -0.39 is 0 Å². The summed E-state index contributed by atoms with van der Waals surface area (Å²) in [6.07, 6.45) is 5.08. The van der Waals surface area contributed by atoms with Crippen molar-refractivity contribution in [2.75, 3.05) is 10.2 Å². The van der Waals surface area contributed by atoms with Crippen LogP contribution in [0.25, 0.3) is 0 Å². The SMILES string of the molecule is O=C(Nc1cccc(N2C(=O)[C@@H]3[C@H](C2=O)[C@H]2C=C[C@H]3C2)c1)c1cccs1. The molecule has 5 rings (SSSR count). The van der Waals surface area contributed by atoms with Gasteiger partial charge in [-0.15, -0.1) is 11.3 Å². The number of imide groups is 1. The first-order valence-electron chi connectivity index (χ1n) is 8.64. The second kappa shape index (κ2) is 5.64. The Morgan fingerprint density at radius 1 is 1.04 bits per heavy atom. The lowest BCUT2D eigenvalue weighted by atomic mass is 9.85. The summed E-state index contributed by atoms with van der Waals surface area (Å²) in [5, 5.41) is 4.67. The fourth-order valence-corrected chi connectivity index (χ4v) is 5.10. The normalized spacial score (nSPS) is 28.7. The Morgan fingerprint density at radius 3 is 2.42 bits per heavy atom. The van der Waals surface area contributed by atoms with E-state index >= 15 is 0 Å². The zero-order chi connectivity index (χ0) is 17.8. The van der Waals surface area contributed by atoms with E-state index in [-0.39, 0.29) is 41.4 Å². The van der Waals surface area contributed by atoms with Crippen molar-refractivity contribution in [3.63, 3.8) is 0 Å². The highest BCUT2D eigenvalue weighted by molar-refractivity contribution is 7.12. The zero-order valence-corrected chi connectivity index (χ0v) is 14.6. The van der Waals surface area contributed by atoms with Crippen molar-refractivity contribution in [1.82, 2.24) is 0 Å². The molecule has 0 spiro atoms. The number of nitrogens with one attached hydrogen (secondary N) is 1. The Balaban J connectivity index is 1.42. The molecule has 2 heterocycles. The molecule has 1 aromatic carbocycles. The second-order valence-corrected chi connectivity index (χ2v) is 7.94. The molecule has 2 fully saturated rings. The maximum absolute atomic E-state index is 12.9. The van der Waals surface area contributed by atoms with Crippen LogP contribution in [0.15, 0.2) is 53.9 Å². The number of anilines is 2. The minimum absolute atomic E-state index is 0.112. The fourth-order valence-electron chi connectivity index (χ4n) is 4.48. The van der Waals surface area contributed by atoms with Gasteiger partial charge in [0.15, 0.2) is 0 Å². The van der Waals surface area contributed by atoms with Crippen molar-refractivity contribution in [2.24, 2.45) is 23.7 Å². The monoisotopic (exact) mass is 364 g/mol. The number of nitrogens with zero attached hydrogens (tertiary/aromatic N) is 1. The number of rotatable bonds is 3. The maximum Gasteiger partial charge on any atom is 0.265 e. The molecular weight excluding hydrogens is 348 g/mol. The van der Waals surface area contributed by atoms with Gasteiger partial charge in [-0.1, -0.05) is 24.3 Å². The van der Waals surface area contributed by atoms with Gasteiger partial charge in [0.2, 0.25) is 11.8 Å². The van der Waals surface area contributed by atoms with Gasteiger partial charge in [0, 0.05) is 5.69 Å². The van der Waals surface area contributed by atoms with Gasteiger partial charge in [0.05, 0.1) is 22.4 Å². The van der Waals surface area contributed by atoms with Gasteiger partial charge in [0.25, 0.3) is 5.91 Å². The Labute approximate surface area is 154 Å². The van der Waals surface area contributed by atoms with Crippen LogP contribution in [-0.4, -0.2) is 17.7 Å². The van der Waals surface area contributed by atoms with E-state index in [9.17, 15) is 14.4 Å². The molecule has 2 aliphatic carbocycles. The molecule has 1 aliphatic heterocycles. The molecule has 0 unspecified atom stereocenters. The summed E-state index contributed by atoms with van der Waals surface area (Å²) in [6, 6.07) is 10.5. The van der Waals surface area contributed by atoms with E-state index in [1.165, 1.54) is 16.2 Å². The number of allylic oxidation sites excluding steroid dienone is 2. The molecule has 2 bridgehead atoms. The van der Waals surface area contributed by atoms with Crippen LogP contribution >= 0.6 is 11.3 Å². The smallest absolute Gasteiger partial charge is 0.265 e. The predicted molar refractivity (Wildman–Crippen MR) is 98.9 cm³/mol. The number of hydrogen-bond donors (Lipinski definition) is 1. The van der Waals surface area contributed by atoms with Crippen LogP contribution in [0.3, 0.4) is 0 Å². The number of benzene rings is 1. The average molecular weight is 364 g/mol. The van der Waals surface area contributed by atoms with Gasteiger partial charge < -0.3 is 5.32 Å². The molecule has 5 nitrogen and oxygen atoms in total. The zero-order valence-electron chi connectivity index (χ0n) is 13.8. The summed E-state index contributed by atoms with van der Waals surface area (Å²) >= 11 is 1.36. The van der Waals surface area contributed by atoms with Crippen LogP contribution < -0.4 is 10.2 Å². The van der Waals surface area contributed by atoms with Crippen molar-refractivity contribution in [3.05, 3.63) is 58.8 Å². The van der Waals surface area contributed by atoms with Gasteiger partial charge in [-0.25, -0.2) is 4.90 Å². The van der Waals surface area contributed by atoms with Gasteiger partial charge in [0.1, 0.15) is 0 Å². The Bertz CT molecular complexity index is 920. The third-order valence-electron chi connectivity index (χ3n) is 5.58. The Morgan fingerprint density at radius 2 is 1.77 bits per heavy atom. The Hall–Kier alpha value is -2.73. The quantitative estimate of drug-likeness (QED) is 0.671. The molecule has 1 saturated carbocycles. The first-order valence-corrected chi connectivity index (χ1v) is 9.52. The molecule has 3 amide bonds. The minimum atomic E-state index is -0.220. The van der Waals surface area contributed by atoms with E-state index in [2.05, 4.69) is 17.5 Å². The van der Waals surface area contributed by atoms with Gasteiger partial charge in [-0.3, -0.25) is 14.4 Å². The highest BCUT2D eigenvalue weighted by Crippen LogP contribution is 2.53. The third-order valence-corrected chi connectivity index (χ3v) is 6.45. The molecule has 4 atom stereocenters. The molecule has 1 saturated heterocycles. The first-order chi connectivity index (χ1) is 12.6. The molecular formula is C20H16N2O3S. The summed E-state index contributed by atoms with van der Waals surface area (Å²) in [6.45, 7) is 0.